The average molecular weight is 426 g/mol. The normalized spacial score (nSPS) is 21.4. The molecule has 1 aromatic heterocycles. The lowest BCUT2D eigenvalue weighted by Crippen LogP contribution is -2.40. The van der Waals surface area contributed by atoms with E-state index < -0.39 is 0 Å². The van der Waals surface area contributed by atoms with E-state index in [-0.39, 0.29) is 11.7 Å². The fourth-order valence-corrected chi connectivity index (χ4v) is 5.63. The molecule has 1 aliphatic heterocycles. The number of imidazole rings is 1. The Hall–Kier alpha value is -1.85. The number of nitrogens with one attached hydrogen (secondary N) is 1. The molecule has 5 rings (SSSR count). The molecular weight excluding hydrogens is 402 g/mol. The Morgan fingerprint density at radius 3 is 2.67 bits per heavy atom. The summed E-state index contributed by atoms with van der Waals surface area (Å²) in [6, 6.07) is 15.5. The van der Waals surface area contributed by atoms with Gasteiger partial charge in [0.05, 0.1) is 11.0 Å². The highest BCUT2D eigenvalue weighted by Crippen LogP contribution is 2.39. The Bertz CT molecular complexity index is 1030. The molecule has 0 bridgehead atoms. The van der Waals surface area contributed by atoms with Crippen LogP contribution in [0.1, 0.15) is 48.9 Å². The van der Waals surface area contributed by atoms with Crippen LogP contribution < -0.4 is 5.69 Å². The van der Waals surface area contributed by atoms with Gasteiger partial charge in [0.1, 0.15) is 0 Å². The summed E-state index contributed by atoms with van der Waals surface area (Å²) in [7, 11) is 0. The minimum atomic E-state index is 0.0293. The number of fused-ring (bicyclic) bond motifs is 2. The van der Waals surface area contributed by atoms with Crippen molar-refractivity contribution in [3.05, 3.63) is 68.5 Å². The number of nitrogens with zero attached hydrogens (tertiary/aromatic N) is 2. The van der Waals surface area contributed by atoms with Crippen molar-refractivity contribution in [2.45, 2.75) is 44.2 Å². The Morgan fingerprint density at radius 2 is 1.81 bits per heavy atom. The monoisotopic (exact) mass is 425 g/mol. The highest BCUT2D eigenvalue weighted by atomic mass is 79.9. The largest absolute Gasteiger partial charge is 0.326 e. The lowest BCUT2D eigenvalue weighted by atomic mass is 9.85. The van der Waals surface area contributed by atoms with Gasteiger partial charge < -0.3 is 4.98 Å². The van der Waals surface area contributed by atoms with Crippen molar-refractivity contribution in [2.24, 2.45) is 0 Å². The molecule has 0 amide bonds. The van der Waals surface area contributed by atoms with Gasteiger partial charge in [-0.3, -0.25) is 9.47 Å². The molecule has 0 saturated carbocycles. The number of halogens is 1. The molecule has 2 aliphatic rings. The Labute approximate surface area is 167 Å². The maximum Gasteiger partial charge on any atom is 0.326 e. The predicted molar refractivity (Wildman–Crippen MR) is 112 cm³/mol. The van der Waals surface area contributed by atoms with Gasteiger partial charge in [0.25, 0.3) is 0 Å². The standard InChI is InChI=1S/C22H24BrN3O/c23-18-7-3-6-17-16(18)5-4-10-20(17)25-13-11-15(12-14-25)26-21-9-2-1-8-19(21)24-22(26)27/h1-3,6-9,15,20H,4-5,10-14H2,(H,24,27). The number of aromatic nitrogens is 2. The second-order valence-corrected chi connectivity index (χ2v) is 8.65. The number of rotatable bonds is 2. The fourth-order valence-electron chi connectivity index (χ4n) is 5.05. The summed E-state index contributed by atoms with van der Waals surface area (Å²) in [4.78, 5) is 18.2. The molecule has 3 aromatic rings. The van der Waals surface area contributed by atoms with Crippen molar-refractivity contribution < 1.29 is 0 Å². The topological polar surface area (TPSA) is 41.0 Å². The van der Waals surface area contributed by atoms with Gasteiger partial charge in [-0.15, -0.1) is 0 Å². The molecule has 1 N–H and O–H groups in total. The van der Waals surface area contributed by atoms with Crippen LogP contribution in [-0.2, 0) is 6.42 Å². The van der Waals surface area contributed by atoms with Crippen molar-refractivity contribution >= 4 is 27.0 Å². The second-order valence-electron chi connectivity index (χ2n) is 7.80. The fraction of sp³-hybridized carbons (Fsp3) is 0.409. The first kappa shape index (κ1) is 17.3. The Morgan fingerprint density at radius 1 is 1.00 bits per heavy atom. The first-order valence-electron chi connectivity index (χ1n) is 9.93. The highest BCUT2D eigenvalue weighted by molar-refractivity contribution is 9.10. The number of hydrogen-bond acceptors (Lipinski definition) is 2. The summed E-state index contributed by atoms with van der Waals surface area (Å²) in [6.07, 6.45) is 5.72. The molecule has 140 valence electrons. The van der Waals surface area contributed by atoms with Crippen LogP contribution in [0.15, 0.2) is 51.7 Å². The number of aromatic amines is 1. The summed E-state index contributed by atoms with van der Waals surface area (Å²) in [6.45, 7) is 2.10. The van der Waals surface area contributed by atoms with E-state index in [1.54, 1.807) is 0 Å². The molecule has 5 heteroatoms. The van der Waals surface area contributed by atoms with E-state index in [9.17, 15) is 4.79 Å². The Balaban J connectivity index is 1.38. The number of H-pyrrole nitrogens is 1. The van der Waals surface area contributed by atoms with Gasteiger partial charge in [0, 0.05) is 29.6 Å². The van der Waals surface area contributed by atoms with Crippen LogP contribution in [0, 0.1) is 0 Å². The quantitative estimate of drug-likeness (QED) is 0.639. The SMILES string of the molecule is O=c1[nH]c2ccccc2n1C1CCN(C2CCCc3c(Br)cccc32)CC1. The van der Waals surface area contributed by atoms with Gasteiger partial charge in [-0.05, 0) is 61.4 Å². The zero-order valence-electron chi connectivity index (χ0n) is 15.3. The zero-order chi connectivity index (χ0) is 18.4. The molecule has 1 unspecified atom stereocenters. The number of likely N-dealkylation sites (tertiary alicyclic amines) is 1. The van der Waals surface area contributed by atoms with Gasteiger partial charge in [-0.2, -0.15) is 0 Å². The summed E-state index contributed by atoms with van der Waals surface area (Å²) in [5, 5.41) is 0. The summed E-state index contributed by atoms with van der Waals surface area (Å²) < 4.78 is 3.24. The third kappa shape index (κ3) is 2.97. The van der Waals surface area contributed by atoms with Crippen molar-refractivity contribution in [3.63, 3.8) is 0 Å². The molecule has 0 spiro atoms. The van der Waals surface area contributed by atoms with Gasteiger partial charge in [-0.1, -0.05) is 40.2 Å². The summed E-state index contributed by atoms with van der Waals surface area (Å²) in [5.74, 6) is 0. The smallest absolute Gasteiger partial charge is 0.306 e. The molecular formula is C22H24BrN3O. The molecule has 1 saturated heterocycles. The van der Waals surface area contributed by atoms with E-state index in [0.29, 0.717) is 6.04 Å². The maximum atomic E-state index is 12.5. The summed E-state index contributed by atoms with van der Waals surface area (Å²) in [5.41, 5.74) is 4.99. The van der Waals surface area contributed by atoms with E-state index >= 15 is 0 Å². The Kier molecular flexibility index (Phi) is 4.44. The molecule has 1 aliphatic carbocycles. The molecule has 1 fully saturated rings. The van der Waals surface area contributed by atoms with Crippen molar-refractivity contribution in [3.8, 4) is 0 Å². The minimum absolute atomic E-state index is 0.0293. The molecule has 27 heavy (non-hydrogen) atoms. The molecule has 2 heterocycles. The third-order valence-electron chi connectivity index (χ3n) is 6.35. The second kappa shape index (κ2) is 6.95. The molecule has 4 nitrogen and oxygen atoms in total. The van der Waals surface area contributed by atoms with Crippen LogP contribution in [-0.4, -0.2) is 27.5 Å². The molecule has 2 aromatic carbocycles. The van der Waals surface area contributed by atoms with Crippen LogP contribution in [0.25, 0.3) is 11.0 Å². The maximum absolute atomic E-state index is 12.5. The van der Waals surface area contributed by atoms with Crippen LogP contribution in [0.4, 0.5) is 0 Å². The van der Waals surface area contributed by atoms with Gasteiger partial charge in [0.15, 0.2) is 0 Å². The third-order valence-corrected chi connectivity index (χ3v) is 7.09. The molecule has 0 radical (unpaired) electrons. The predicted octanol–water partition coefficient (Wildman–Crippen LogP) is 4.81. The number of para-hydroxylation sites is 2. The van der Waals surface area contributed by atoms with Gasteiger partial charge in [0.2, 0.25) is 0 Å². The lowest BCUT2D eigenvalue weighted by molar-refractivity contribution is 0.123. The van der Waals surface area contributed by atoms with Crippen LogP contribution in [0.2, 0.25) is 0 Å². The van der Waals surface area contributed by atoms with Crippen molar-refractivity contribution in [1.82, 2.24) is 14.5 Å². The number of hydrogen-bond donors (Lipinski definition) is 1. The van der Waals surface area contributed by atoms with Gasteiger partial charge in [-0.25, -0.2) is 4.79 Å². The number of piperidine rings is 1. The first-order valence-corrected chi connectivity index (χ1v) is 10.7. The van der Waals surface area contributed by atoms with Crippen LogP contribution in [0.3, 0.4) is 0 Å². The van der Waals surface area contributed by atoms with E-state index in [4.69, 9.17) is 0 Å². The van der Waals surface area contributed by atoms with Gasteiger partial charge >= 0.3 is 5.69 Å². The van der Waals surface area contributed by atoms with Crippen LogP contribution in [0.5, 0.6) is 0 Å². The van der Waals surface area contributed by atoms with E-state index in [0.717, 1.165) is 37.0 Å². The lowest BCUT2D eigenvalue weighted by Gasteiger charge is -2.40. The molecule has 1 atom stereocenters. The number of benzene rings is 2. The van der Waals surface area contributed by atoms with E-state index in [1.807, 2.05) is 22.8 Å². The van der Waals surface area contributed by atoms with Crippen LogP contribution >= 0.6 is 15.9 Å². The zero-order valence-corrected chi connectivity index (χ0v) is 16.9. The first-order chi connectivity index (χ1) is 13.2. The van der Waals surface area contributed by atoms with E-state index in [1.165, 1.54) is 34.9 Å². The van der Waals surface area contributed by atoms with Crippen molar-refractivity contribution in [1.29, 1.82) is 0 Å². The average Bonchev–Trinajstić information content (AvgIpc) is 3.04. The van der Waals surface area contributed by atoms with E-state index in [2.05, 4.69) is 50.1 Å². The highest BCUT2D eigenvalue weighted by Gasteiger charge is 2.31. The minimum Gasteiger partial charge on any atom is -0.306 e. The summed E-state index contributed by atoms with van der Waals surface area (Å²) >= 11 is 3.74. The van der Waals surface area contributed by atoms with Crippen molar-refractivity contribution in [2.75, 3.05) is 13.1 Å².